The van der Waals surface area contributed by atoms with Gasteiger partial charge in [-0.25, -0.2) is 0 Å². The van der Waals surface area contributed by atoms with Gasteiger partial charge in [-0.3, -0.25) is 0 Å². The van der Waals surface area contributed by atoms with Crippen molar-refractivity contribution in [1.29, 1.82) is 0 Å². The van der Waals surface area contributed by atoms with Gasteiger partial charge in [-0.1, -0.05) is 13.0 Å². The molecule has 1 aromatic heterocycles. The summed E-state index contributed by atoms with van der Waals surface area (Å²) in [4.78, 5) is 1.67. The van der Waals surface area contributed by atoms with Crippen molar-refractivity contribution in [2.24, 2.45) is 0 Å². The van der Waals surface area contributed by atoms with Crippen molar-refractivity contribution < 1.29 is 5.11 Å². The van der Waals surface area contributed by atoms with Gasteiger partial charge in [-0.15, -0.1) is 0 Å². The van der Waals surface area contributed by atoms with Crippen LogP contribution in [0.5, 0.6) is 0 Å². The standard InChI is InChI=1S/C16H24N4O/c1-4-14(5-6-21)17-10-15-11-18-20(19-15)16-8-12(2)7-13(3)9-16/h7-9,11,14,17,21H,4-6,10H2,1-3H3. The van der Waals surface area contributed by atoms with Crippen molar-refractivity contribution in [3.63, 3.8) is 0 Å². The Morgan fingerprint density at radius 3 is 2.57 bits per heavy atom. The zero-order valence-corrected chi connectivity index (χ0v) is 13.0. The topological polar surface area (TPSA) is 63.0 Å². The average molecular weight is 288 g/mol. The van der Waals surface area contributed by atoms with E-state index >= 15 is 0 Å². The summed E-state index contributed by atoms with van der Waals surface area (Å²) in [5.74, 6) is 0. The van der Waals surface area contributed by atoms with Crippen LogP contribution in [0.4, 0.5) is 0 Å². The van der Waals surface area contributed by atoms with E-state index in [1.54, 1.807) is 11.0 Å². The number of hydrogen-bond donors (Lipinski definition) is 2. The first kappa shape index (κ1) is 15.7. The third-order valence-electron chi connectivity index (χ3n) is 3.52. The fourth-order valence-corrected chi connectivity index (χ4v) is 2.42. The number of aryl methyl sites for hydroxylation is 2. The van der Waals surface area contributed by atoms with Gasteiger partial charge >= 0.3 is 0 Å². The van der Waals surface area contributed by atoms with Crippen LogP contribution in [0.15, 0.2) is 24.4 Å². The first-order valence-electron chi connectivity index (χ1n) is 7.46. The normalized spacial score (nSPS) is 12.6. The van der Waals surface area contributed by atoms with Crippen LogP contribution in [-0.2, 0) is 6.54 Å². The molecule has 2 N–H and O–H groups in total. The highest BCUT2D eigenvalue weighted by molar-refractivity contribution is 5.37. The molecule has 2 aromatic rings. The van der Waals surface area contributed by atoms with Crippen molar-refractivity contribution in [3.05, 3.63) is 41.2 Å². The van der Waals surface area contributed by atoms with E-state index in [9.17, 15) is 0 Å². The summed E-state index contributed by atoms with van der Waals surface area (Å²) >= 11 is 0. The highest BCUT2D eigenvalue weighted by Crippen LogP contribution is 2.12. The predicted octanol–water partition coefficient (Wildman–Crippen LogP) is 2.13. The van der Waals surface area contributed by atoms with Crippen molar-refractivity contribution in [2.45, 2.75) is 46.2 Å². The molecule has 2 rings (SSSR count). The zero-order valence-electron chi connectivity index (χ0n) is 13.0. The van der Waals surface area contributed by atoms with Gasteiger partial charge < -0.3 is 10.4 Å². The molecule has 0 aliphatic carbocycles. The fourth-order valence-electron chi connectivity index (χ4n) is 2.42. The lowest BCUT2D eigenvalue weighted by atomic mass is 10.1. The van der Waals surface area contributed by atoms with E-state index in [1.807, 2.05) is 0 Å². The van der Waals surface area contributed by atoms with Gasteiger partial charge in [0.05, 0.1) is 17.6 Å². The summed E-state index contributed by atoms with van der Waals surface area (Å²) in [6.45, 7) is 7.14. The molecule has 21 heavy (non-hydrogen) atoms. The summed E-state index contributed by atoms with van der Waals surface area (Å²) in [6, 6.07) is 6.60. The molecule has 0 aliphatic heterocycles. The van der Waals surface area contributed by atoms with Crippen molar-refractivity contribution in [3.8, 4) is 5.69 Å². The van der Waals surface area contributed by atoms with E-state index in [4.69, 9.17) is 5.11 Å². The Bertz CT molecular complexity index is 559. The fraction of sp³-hybridized carbons (Fsp3) is 0.500. The maximum Gasteiger partial charge on any atom is 0.0969 e. The summed E-state index contributed by atoms with van der Waals surface area (Å²) in [6.07, 6.45) is 3.55. The third-order valence-corrected chi connectivity index (χ3v) is 3.52. The molecule has 0 saturated carbocycles. The Morgan fingerprint density at radius 2 is 1.95 bits per heavy atom. The van der Waals surface area contributed by atoms with Gasteiger partial charge in [0.2, 0.25) is 0 Å². The Hall–Kier alpha value is -1.72. The number of nitrogens with one attached hydrogen (secondary N) is 1. The molecule has 0 fully saturated rings. The Labute approximate surface area is 126 Å². The number of aliphatic hydroxyl groups excluding tert-OH is 1. The second kappa shape index (κ2) is 7.33. The second-order valence-electron chi connectivity index (χ2n) is 5.47. The lowest BCUT2D eigenvalue weighted by Crippen LogP contribution is -2.29. The first-order chi connectivity index (χ1) is 10.1. The maximum atomic E-state index is 9.00. The maximum absolute atomic E-state index is 9.00. The number of rotatable bonds is 7. The monoisotopic (exact) mass is 288 g/mol. The minimum absolute atomic E-state index is 0.209. The third kappa shape index (κ3) is 4.37. The molecule has 0 bridgehead atoms. The Kier molecular flexibility index (Phi) is 5.47. The molecular formula is C16H24N4O. The quantitative estimate of drug-likeness (QED) is 0.819. The van der Waals surface area contributed by atoms with E-state index in [-0.39, 0.29) is 6.61 Å². The summed E-state index contributed by atoms with van der Waals surface area (Å²) < 4.78 is 0. The second-order valence-corrected chi connectivity index (χ2v) is 5.47. The SMILES string of the molecule is CCC(CCO)NCc1cnn(-c2cc(C)cc(C)c2)n1. The van der Waals surface area contributed by atoms with Crippen LogP contribution in [0.3, 0.4) is 0 Å². The minimum Gasteiger partial charge on any atom is -0.396 e. The van der Waals surface area contributed by atoms with Gasteiger partial charge in [0.25, 0.3) is 0 Å². The average Bonchev–Trinajstić information content (AvgIpc) is 2.91. The highest BCUT2D eigenvalue weighted by atomic mass is 16.3. The van der Waals surface area contributed by atoms with Crippen molar-refractivity contribution in [1.82, 2.24) is 20.3 Å². The molecule has 0 saturated heterocycles. The highest BCUT2D eigenvalue weighted by Gasteiger charge is 2.08. The molecule has 1 unspecified atom stereocenters. The smallest absolute Gasteiger partial charge is 0.0969 e. The van der Waals surface area contributed by atoms with E-state index < -0.39 is 0 Å². The van der Waals surface area contributed by atoms with Crippen LogP contribution >= 0.6 is 0 Å². The van der Waals surface area contributed by atoms with Crippen molar-refractivity contribution >= 4 is 0 Å². The molecule has 0 radical (unpaired) electrons. The number of benzene rings is 1. The number of nitrogens with zero attached hydrogens (tertiary/aromatic N) is 3. The zero-order chi connectivity index (χ0) is 15.2. The molecular weight excluding hydrogens is 264 g/mol. The van der Waals surface area contributed by atoms with Crippen molar-refractivity contribution in [2.75, 3.05) is 6.61 Å². The molecule has 1 heterocycles. The van der Waals surface area contributed by atoms with Crippen LogP contribution in [0, 0.1) is 13.8 Å². The molecule has 0 amide bonds. The minimum atomic E-state index is 0.209. The molecule has 5 nitrogen and oxygen atoms in total. The Balaban J connectivity index is 2.04. The van der Waals surface area contributed by atoms with Crippen LogP contribution < -0.4 is 5.32 Å². The molecule has 5 heteroatoms. The lowest BCUT2D eigenvalue weighted by Gasteiger charge is -2.14. The molecule has 0 aliphatic rings. The van der Waals surface area contributed by atoms with E-state index in [0.717, 1.165) is 24.2 Å². The lowest BCUT2D eigenvalue weighted by molar-refractivity contribution is 0.261. The van der Waals surface area contributed by atoms with Gasteiger partial charge in [0, 0.05) is 19.2 Å². The van der Waals surface area contributed by atoms with Gasteiger partial charge in [-0.05, 0) is 49.9 Å². The van der Waals surface area contributed by atoms with Crippen LogP contribution in [0.2, 0.25) is 0 Å². The summed E-state index contributed by atoms with van der Waals surface area (Å²) in [5.41, 5.74) is 4.30. The number of aromatic nitrogens is 3. The van der Waals surface area contributed by atoms with E-state index in [0.29, 0.717) is 12.6 Å². The van der Waals surface area contributed by atoms with Crippen LogP contribution in [0.25, 0.3) is 5.69 Å². The Morgan fingerprint density at radius 1 is 1.24 bits per heavy atom. The molecule has 1 aromatic carbocycles. The molecule has 1 atom stereocenters. The van der Waals surface area contributed by atoms with Gasteiger partial charge in [0.15, 0.2) is 0 Å². The largest absolute Gasteiger partial charge is 0.396 e. The number of hydrogen-bond acceptors (Lipinski definition) is 4. The summed E-state index contributed by atoms with van der Waals surface area (Å²) in [7, 11) is 0. The van der Waals surface area contributed by atoms with Gasteiger partial charge in [-0.2, -0.15) is 15.0 Å². The molecule has 0 spiro atoms. The van der Waals surface area contributed by atoms with E-state index in [2.05, 4.69) is 54.5 Å². The first-order valence-corrected chi connectivity index (χ1v) is 7.46. The van der Waals surface area contributed by atoms with Crippen LogP contribution in [-0.4, -0.2) is 32.7 Å². The van der Waals surface area contributed by atoms with E-state index in [1.165, 1.54) is 11.1 Å². The molecule has 114 valence electrons. The number of aliphatic hydroxyl groups is 1. The summed E-state index contributed by atoms with van der Waals surface area (Å²) in [5, 5.41) is 21.2. The van der Waals surface area contributed by atoms with Gasteiger partial charge in [0.1, 0.15) is 0 Å². The predicted molar refractivity (Wildman–Crippen MR) is 83.5 cm³/mol. The van der Waals surface area contributed by atoms with Crippen LogP contribution in [0.1, 0.15) is 36.6 Å².